The molecule has 5 nitrogen and oxygen atoms in total. The molecule has 1 atom stereocenters. The van der Waals surface area contributed by atoms with Crippen molar-refractivity contribution in [3.63, 3.8) is 0 Å². The van der Waals surface area contributed by atoms with Gasteiger partial charge in [-0.05, 0) is 12.7 Å². The van der Waals surface area contributed by atoms with Crippen molar-refractivity contribution in [3.8, 4) is 0 Å². The van der Waals surface area contributed by atoms with Gasteiger partial charge in [-0.3, -0.25) is 5.10 Å². The molecule has 0 bridgehead atoms. The lowest BCUT2D eigenvalue weighted by Gasteiger charge is -2.08. The van der Waals surface area contributed by atoms with Gasteiger partial charge >= 0.3 is 0 Å². The van der Waals surface area contributed by atoms with Gasteiger partial charge in [0.15, 0.2) is 0 Å². The number of rotatable bonds is 6. The maximum absolute atomic E-state index is 11.6. The number of H-pyrrole nitrogens is 1. The summed E-state index contributed by atoms with van der Waals surface area (Å²) in [6, 6.07) is 0. The molecule has 0 saturated heterocycles. The first-order valence-electron chi connectivity index (χ1n) is 4.57. The highest BCUT2D eigenvalue weighted by molar-refractivity contribution is 7.99. The molecule has 0 spiro atoms. The van der Waals surface area contributed by atoms with Crippen LogP contribution in [0.2, 0.25) is 0 Å². The average molecular weight is 249 g/mol. The SMILES string of the molecule is CSC(C)CCNS(=O)(=O)c1cn[nH]c1. The molecule has 1 heterocycles. The second kappa shape index (κ2) is 5.53. The highest BCUT2D eigenvalue weighted by Gasteiger charge is 2.14. The molecule has 0 aliphatic rings. The van der Waals surface area contributed by atoms with Gasteiger partial charge in [-0.25, -0.2) is 13.1 Å². The number of thioether (sulfide) groups is 1. The molecule has 7 heteroatoms. The Labute approximate surface area is 94.1 Å². The van der Waals surface area contributed by atoms with E-state index in [-0.39, 0.29) is 4.90 Å². The fourth-order valence-electron chi connectivity index (χ4n) is 0.984. The monoisotopic (exact) mass is 249 g/mol. The zero-order valence-electron chi connectivity index (χ0n) is 8.73. The summed E-state index contributed by atoms with van der Waals surface area (Å²) in [5.41, 5.74) is 0. The molecule has 1 aromatic rings. The van der Waals surface area contributed by atoms with Crippen LogP contribution in [0.4, 0.5) is 0 Å². The van der Waals surface area contributed by atoms with Crippen LogP contribution in [0.1, 0.15) is 13.3 Å². The predicted molar refractivity (Wildman–Crippen MR) is 61.4 cm³/mol. The van der Waals surface area contributed by atoms with Gasteiger partial charge in [-0.2, -0.15) is 16.9 Å². The minimum atomic E-state index is -3.37. The van der Waals surface area contributed by atoms with Gasteiger partial charge in [0, 0.05) is 18.0 Å². The topological polar surface area (TPSA) is 74.8 Å². The third-order valence-corrected chi connectivity index (χ3v) is 4.50. The first-order chi connectivity index (χ1) is 7.06. The Morgan fingerprint density at radius 3 is 2.93 bits per heavy atom. The standard InChI is InChI=1S/C8H15N3O2S2/c1-7(14-2)3-4-11-15(12,13)8-5-9-10-6-8/h5-7,11H,3-4H2,1-2H3,(H,9,10). The third kappa shape index (κ3) is 3.84. The minimum Gasteiger partial charge on any atom is -0.284 e. The summed E-state index contributed by atoms with van der Waals surface area (Å²) in [6.07, 6.45) is 5.48. The Bertz CT molecular complexity index is 375. The predicted octanol–water partition coefficient (Wildman–Crippen LogP) is 0.830. The molecule has 2 N–H and O–H groups in total. The Morgan fingerprint density at radius 1 is 1.67 bits per heavy atom. The minimum absolute atomic E-state index is 0.180. The molecule has 0 saturated carbocycles. The van der Waals surface area contributed by atoms with Gasteiger partial charge in [0.05, 0.1) is 6.20 Å². The van der Waals surface area contributed by atoms with E-state index in [1.54, 1.807) is 11.8 Å². The zero-order chi connectivity index (χ0) is 11.3. The van der Waals surface area contributed by atoms with Crippen molar-refractivity contribution in [2.75, 3.05) is 12.8 Å². The van der Waals surface area contributed by atoms with E-state index < -0.39 is 10.0 Å². The molecular weight excluding hydrogens is 234 g/mol. The van der Waals surface area contributed by atoms with Crippen LogP contribution >= 0.6 is 11.8 Å². The number of hydrogen-bond donors (Lipinski definition) is 2. The van der Waals surface area contributed by atoms with Crippen molar-refractivity contribution in [1.82, 2.24) is 14.9 Å². The van der Waals surface area contributed by atoms with Crippen LogP contribution in [-0.4, -0.2) is 36.7 Å². The van der Waals surface area contributed by atoms with Crippen molar-refractivity contribution < 1.29 is 8.42 Å². The van der Waals surface area contributed by atoms with E-state index in [9.17, 15) is 8.42 Å². The van der Waals surface area contributed by atoms with Crippen molar-refractivity contribution >= 4 is 21.8 Å². The summed E-state index contributed by atoms with van der Waals surface area (Å²) in [7, 11) is -3.37. The maximum Gasteiger partial charge on any atom is 0.243 e. The number of aromatic nitrogens is 2. The van der Waals surface area contributed by atoms with E-state index >= 15 is 0 Å². The quantitative estimate of drug-likeness (QED) is 0.783. The molecule has 0 aromatic carbocycles. The van der Waals surface area contributed by atoms with Crippen molar-refractivity contribution in [1.29, 1.82) is 0 Å². The van der Waals surface area contributed by atoms with Gasteiger partial charge in [0.2, 0.25) is 10.0 Å². The highest BCUT2D eigenvalue weighted by atomic mass is 32.2. The first-order valence-corrected chi connectivity index (χ1v) is 7.34. The van der Waals surface area contributed by atoms with E-state index in [0.29, 0.717) is 11.8 Å². The number of aromatic amines is 1. The second-order valence-electron chi connectivity index (χ2n) is 3.17. The van der Waals surface area contributed by atoms with E-state index in [1.807, 2.05) is 6.26 Å². The van der Waals surface area contributed by atoms with E-state index in [2.05, 4.69) is 21.8 Å². The van der Waals surface area contributed by atoms with Crippen LogP contribution in [0, 0.1) is 0 Å². The van der Waals surface area contributed by atoms with E-state index in [1.165, 1.54) is 12.4 Å². The number of nitrogens with one attached hydrogen (secondary N) is 2. The first kappa shape index (κ1) is 12.5. The van der Waals surface area contributed by atoms with Gasteiger partial charge < -0.3 is 0 Å². The van der Waals surface area contributed by atoms with Crippen LogP contribution in [0.25, 0.3) is 0 Å². The molecule has 1 rings (SSSR count). The lowest BCUT2D eigenvalue weighted by atomic mass is 10.3. The van der Waals surface area contributed by atoms with Crippen molar-refractivity contribution in [2.45, 2.75) is 23.5 Å². The summed E-state index contributed by atoms with van der Waals surface area (Å²) >= 11 is 1.72. The molecule has 1 unspecified atom stereocenters. The fourth-order valence-corrected chi connectivity index (χ4v) is 2.29. The lowest BCUT2D eigenvalue weighted by molar-refractivity contribution is 0.579. The largest absolute Gasteiger partial charge is 0.284 e. The molecule has 0 fully saturated rings. The summed E-state index contributed by atoms with van der Waals surface area (Å²) in [4.78, 5) is 0.180. The van der Waals surface area contributed by atoms with Crippen LogP contribution < -0.4 is 4.72 Å². The molecule has 0 aliphatic heterocycles. The zero-order valence-corrected chi connectivity index (χ0v) is 10.4. The maximum atomic E-state index is 11.6. The van der Waals surface area contributed by atoms with Crippen LogP contribution in [0.5, 0.6) is 0 Å². The van der Waals surface area contributed by atoms with Gasteiger partial charge in [0.25, 0.3) is 0 Å². The molecule has 15 heavy (non-hydrogen) atoms. The number of nitrogens with zero attached hydrogens (tertiary/aromatic N) is 1. The van der Waals surface area contributed by atoms with Gasteiger partial charge in [-0.1, -0.05) is 6.92 Å². The summed E-state index contributed by atoms with van der Waals surface area (Å²) in [5, 5.41) is 6.53. The molecule has 0 aliphatic carbocycles. The Kier molecular flexibility index (Phi) is 4.62. The van der Waals surface area contributed by atoms with Crippen LogP contribution in [0.3, 0.4) is 0 Å². The highest BCUT2D eigenvalue weighted by Crippen LogP contribution is 2.09. The smallest absolute Gasteiger partial charge is 0.243 e. The van der Waals surface area contributed by atoms with Crippen LogP contribution in [-0.2, 0) is 10.0 Å². The van der Waals surface area contributed by atoms with Crippen molar-refractivity contribution in [2.24, 2.45) is 0 Å². The molecule has 0 radical (unpaired) electrons. The summed E-state index contributed by atoms with van der Waals surface area (Å²) < 4.78 is 25.7. The van der Waals surface area contributed by atoms with Gasteiger partial charge in [-0.15, -0.1) is 0 Å². The Balaban J connectivity index is 2.45. The second-order valence-corrected chi connectivity index (χ2v) is 6.21. The molecule has 1 aromatic heterocycles. The summed E-state index contributed by atoms with van der Waals surface area (Å²) in [6.45, 7) is 2.52. The molecular formula is C8H15N3O2S2. The lowest BCUT2D eigenvalue weighted by Crippen LogP contribution is -2.25. The molecule has 0 amide bonds. The van der Waals surface area contributed by atoms with E-state index in [0.717, 1.165) is 6.42 Å². The Hall–Kier alpha value is -0.530. The van der Waals surface area contributed by atoms with Gasteiger partial charge in [0.1, 0.15) is 4.90 Å². The number of hydrogen-bond acceptors (Lipinski definition) is 4. The third-order valence-electron chi connectivity index (χ3n) is 2.03. The van der Waals surface area contributed by atoms with Crippen molar-refractivity contribution in [3.05, 3.63) is 12.4 Å². The van der Waals surface area contributed by atoms with Crippen LogP contribution in [0.15, 0.2) is 17.3 Å². The molecule has 86 valence electrons. The van der Waals surface area contributed by atoms with E-state index in [4.69, 9.17) is 0 Å². The normalized spacial score (nSPS) is 14.0. The average Bonchev–Trinajstić information content (AvgIpc) is 2.70. The summed E-state index contributed by atoms with van der Waals surface area (Å²) in [5.74, 6) is 0. The Morgan fingerprint density at radius 2 is 2.40 bits per heavy atom. The number of sulfonamides is 1. The fraction of sp³-hybridized carbons (Fsp3) is 0.625.